The third kappa shape index (κ3) is 4.44. The predicted molar refractivity (Wildman–Crippen MR) is 71.6 cm³/mol. The Morgan fingerprint density at radius 1 is 1.43 bits per heavy atom. The topological polar surface area (TPSA) is 82.2 Å². The molecule has 8 heteroatoms. The first-order chi connectivity index (χ1) is 10.0. The number of nitrogen functional groups attached to an aromatic ring is 1. The SMILES string of the molecule is Nc1cnn(CC(=O)NCc2ccccc2OC(F)F)c1. The number of nitrogens with one attached hydrogen (secondary N) is 1. The summed E-state index contributed by atoms with van der Waals surface area (Å²) < 4.78 is 30.3. The van der Waals surface area contributed by atoms with Gasteiger partial charge in [0.25, 0.3) is 0 Å². The Hall–Kier alpha value is -2.64. The molecule has 2 aromatic rings. The van der Waals surface area contributed by atoms with Crippen molar-refractivity contribution in [2.24, 2.45) is 0 Å². The van der Waals surface area contributed by atoms with E-state index in [2.05, 4.69) is 15.2 Å². The van der Waals surface area contributed by atoms with Crippen molar-refractivity contribution in [1.82, 2.24) is 15.1 Å². The van der Waals surface area contributed by atoms with E-state index in [-0.39, 0.29) is 24.7 Å². The lowest BCUT2D eigenvalue weighted by atomic mass is 10.2. The number of halogens is 2. The number of anilines is 1. The zero-order valence-electron chi connectivity index (χ0n) is 11.0. The Morgan fingerprint density at radius 2 is 2.19 bits per heavy atom. The van der Waals surface area contributed by atoms with Gasteiger partial charge in [0.1, 0.15) is 12.3 Å². The number of aromatic nitrogens is 2. The molecule has 0 aliphatic rings. The molecule has 0 saturated carbocycles. The molecule has 0 radical (unpaired) electrons. The van der Waals surface area contributed by atoms with Crippen LogP contribution < -0.4 is 15.8 Å². The van der Waals surface area contributed by atoms with E-state index in [0.29, 0.717) is 11.3 Å². The molecule has 3 N–H and O–H groups in total. The highest BCUT2D eigenvalue weighted by atomic mass is 19.3. The second-order valence-corrected chi connectivity index (χ2v) is 4.23. The van der Waals surface area contributed by atoms with Crippen LogP contribution in [0.3, 0.4) is 0 Å². The molecule has 112 valence electrons. The second kappa shape index (κ2) is 6.69. The number of para-hydroxylation sites is 1. The minimum absolute atomic E-state index is 0.00489. The molecule has 21 heavy (non-hydrogen) atoms. The van der Waals surface area contributed by atoms with Gasteiger partial charge in [-0.3, -0.25) is 9.48 Å². The fourth-order valence-corrected chi connectivity index (χ4v) is 1.72. The molecule has 0 atom stereocenters. The van der Waals surface area contributed by atoms with E-state index in [1.165, 1.54) is 23.1 Å². The zero-order chi connectivity index (χ0) is 15.2. The standard InChI is InChI=1S/C13H14F2N4O2/c14-13(15)21-11-4-2-1-3-9(11)5-17-12(20)8-19-7-10(16)6-18-19/h1-4,6-7,13H,5,8,16H2,(H,17,20). The monoisotopic (exact) mass is 296 g/mol. The molecule has 0 fully saturated rings. The molecule has 0 aliphatic carbocycles. The summed E-state index contributed by atoms with van der Waals surface area (Å²) in [5.74, 6) is -0.277. The lowest BCUT2D eigenvalue weighted by Gasteiger charge is -2.11. The Kier molecular flexibility index (Phi) is 4.70. The third-order valence-corrected chi connectivity index (χ3v) is 2.62. The summed E-state index contributed by atoms with van der Waals surface area (Å²) >= 11 is 0. The van der Waals surface area contributed by atoms with Gasteiger partial charge in [-0.2, -0.15) is 13.9 Å². The van der Waals surface area contributed by atoms with Crippen LogP contribution in [0.4, 0.5) is 14.5 Å². The summed E-state index contributed by atoms with van der Waals surface area (Å²) in [4.78, 5) is 11.7. The molecule has 1 amide bonds. The average Bonchev–Trinajstić information content (AvgIpc) is 2.82. The number of alkyl halides is 2. The summed E-state index contributed by atoms with van der Waals surface area (Å²) in [6.07, 6.45) is 2.95. The summed E-state index contributed by atoms with van der Waals surface area (Å²) in [7, 11) is 0. The zero-order valence-corrected chi connectivity index (χ0v) is 11.0. The van der Waals surface area contributed by atoms with E-state index < -0.39 is 6.61 Å². The minimum Gasteiger partial charge on any atom is -0.434 e. The predicted octanol–water partition coefficient (Wildman–Crippen LogP) is 1.38. The van der Waals surface area contributed by atoms with Gasteiger partial charge in [-0.05, 0) is 6.07 Å². The van der Waals surface area contributed by atoms with Crippen LogP contribution in [0.1, 0.15) is 5.56 Å². The molecule has 0 bridgehead atoms. The third-order valence-electron chi connectivity index (χ3n) is 2.62. The van der Waals surface area contributed by atoms with Gasteiger partial charge >= 0.3 is 6.61 Å². The van der Waals surface area contributed by atoms with E-state index >= 15 is 0 Å². The summed E-state index contributed by atoms with van der Waals surface area (Å²) in [5, 5.41) is 6.48. The number of benzene rings is 1. The fraction of sp³-hybridized carbons (Fsp3) is 0.231. The van der Waals surface area contributed by atoms with Gasteiger partial charge < -0.3 is 15.8 Å². The van der Waals surface area contributed by atoms with Crippen LogP contribution in [0.25, 0.3) is 0 Å². The number of hydrogen-bond acceptors (Lipinski definition) is 4. The second-order valence-electron chi connectivity index (χ2n) is 4.23. The maximum atomic E-state index is 12.3. The quantitative estimate of drug-likeness (QED) is 0.844. The van der Waals surface area contributed by atoms with Gasteiger partial charge in [-0.1, -0.05) is 18.2 Å². The van der Waals surface area contributed by atoms with Crippen molar-refractivity contribution < 1.29 is 18.3 Å². The van der Waals surface area contributed by atoms with Gasteiger partial charge in [-0.15, -0.1) is 0 Å². The van der Waals surface area contributed by atoms with E-state index in [4.69, 9.17) is 5.73 Å². The highest BCUT2D eigenvalue weighted by molar-refractivity contribution is 5.75. The molecule has 0 spiro atoms. The molecule has 2 rings (SSSR count). The van der Waals surface area contributed by atoms with Crippen LogP contribution >= 0.6 is 0 Å². The smallest absolute Gasteiger partial charge is 0.387 e. The fourth-order valence-electron chi connectivity index (χ4n) is 1.72. The Balaban J connectivity index is 1.92. The number of rotatable bonds is 6. The van der Waals surface area contributed by atoms with Gasteiger partial charge in [0.2, 0.25) is 5.91 Å². The van der Waals surface area contributed by atoms with Crippen LogP contribution in [0.15, 0.2) is 36.7 Å². The normalized spacial score (nSPS) is 10.6. The molecular formula is C13H14F2N4O2. The van der Waals surface area contributed by atoms with Crippen LogP contribution in [-0.2, 0) is 17.9 Å². The van der Waals surface area contributed by atoms with Gasteiger partial charge in [-0.25, -0.2) is 0 Å². The van der Waals surface area contributed by atoms with Gasteiger partial charge in [0.05, 0.1) is 11.9 Å². The van der Waals surface area contributed by atoms with Gasteiger partial charge in [0, 0.05) is 18.3 Å². The Morgan fingerprint density at radius 3 is 2.86 bits per heavy atom. The molecule has 6 nitrogen and oxygen atoms in total. The lowest BCUT2D eigenvalue weighted by molar-refractivity contribution is -0.122. The van der Waals surface area contributed by atoms with Crippen molar-refractivity contribution in [3.63, 3.8) is 0 Å². The van der Waals surface area contributed by atoms with Crippen molar-refractivity contribution >= 4 is 11.6 Å². The first-order valence-electron chi connectivity index (χ1n) is 6.12. The molecule has 0 unspecified atom stereocenters. The van der Waals surface area contributed by atoms with E-state index in [1.54, 1.807) is 18.2 Å². The molecule has 0 saturated heterocycles. The van der Waals surface area contributed by atoms with Crippen LogP contribution in [0, 0.1) is 0 Å². The first kappa shape index (κ1) is 14.8. The highest BCUT2D eigenvalue weighted by Crippen LogP contribution is 2.19. The molecule has 1 aromatic heterocycles. The number of carbonyl (C=O) groups excluding carboxylic acids is 1. The van der Waals surface area contributed by atoms with Crippen LogP contribution in [0.2, 0.25) is 0 Å². The molecular weight excluding hydrogens is 282 g/mol. The van der Waals surface area contributed by atoms with Crippen molar-refractivity contribution in [3.05, 3.63) is 42.2 Å². The summed E-state index contributed by atoms with van der Waals surface area (Å²) in [6.45, 7) is -2.83. The van der Waals surface area contributed by atoms with Crippen molar-refractivity contribution in [2.75, 3.05) is 5.73 Å². The summed E-state index contributed by atoms with van der Waals surface area (Å²) in [5.41, 5.74) is 6.40. The molecule has 0 aliphatic heterocycles. The maximum absolute atomic E-state index is 12.3. The molecule has 1 aromatic carbocycles. The van der Waals surface area contributed by atoms with Crippen molar-refractivity contribution in [1.29, 1.82) is 0 Å². The lowest BCUT2D eigenvalue weighted by Crippen LogP contribution is -2.27. The minimum atomic E-state index is -2.91. The average molecular weight is 296 g/mol. The largest absolute Gasteiger partial charge is 0.434 e. The van der Waals surface area contributed by atoms with Crippen molar-refractivity contribution in [3.8, 4) is 5.75 Å². The van der Waals surface area contributed by atoms with Crippen LogP contribution in [0.5, 0.6) is 5.75 Å². The number of hydrogen-bond donors (Lipinski definition) is 2. The maximum Gasteiger partial charge on any atom is 0.387 e. The van der Waals surface area contributed by atoms with E-state index in [0.717, 1.165) is 0 Å². The Bertz CT molecular complexity index is 616. The van der Waals surface area contributed by atoms with E-state index in [1.807, 2.05) is 0 Å². The Labute approximate surface area is 119 Å². The number of nitrogens with zero attached hydrogens (tertiary/aromatic N) is 2. The van der Waals surface area contributed by atoms with Gasteiger partial charge in [0.15, 0.2) is 0 Å². The highest BCUT2D eigenvalue weighted by Gasteiger charge is 2.10. The van der Waals surface area contributed by atoms with Crippen molar-refractivity contribution in [2.45, 2.75) is 19.7 Å². The number of nitrogens with two attached hydrogens (primary N) is 1. The van der Waals surface area contributed by atoms with E-state index in [9.17, 15) is 13.6 Å². The van der Waals surface area contributed by atoms with Crippen LogP contribution in [-0.4, -0.2) is 22.3 Å². The molecule has 1 heterocycles. The number of carbonyl (C=O) groups is 1. The number of amides is 1. The first-order valence-corrected chi connectivity index (χ1v) is 6.12. The number of ether oxygens (including phenoxy) is 1. The summed E-state index contributed by atoms with van der Waals surface area (Å²) in [6, 6.07) is 6.27.